The van der Waals surface area contributed by atoms with E-state index in [1.165, 1.54) is 85.8 Å². The van der Waals surface area contributed by atoms with E-state index < -0.39 is 14.3 Å². The number of hydrogen-bond acceptors (Lipinski definition) is 1. The first-order chi connectivity index (χ1) is 27.7. The quantitative estimate of drug-likeness (QED) is 0.137. The molecule has 6 rings (SSSR count). The van der Waals surface area contributed by atoms with Gasteiger partial charge in [0.15, 0.2) is 0 Å². The molecule has 0 bridgehead atoms. The van der Waals surface area contributed by atoms with Crippen molar-refractivity contribution in [1.29, 1.82) is 0 Å². The molecule has 2 heteroatoms. The van der Waals surface area contributed by atoms with E-state index in [1.807, 2.05) is 0 Å². The second-order valence-electron chi connectivity index (χ2n) is 21.1. The van der Waals surface area contributed by atoms with Gasteiger partial charge in [0.2, 0.25) is 0 Å². The second-order valence-corrected chi connectivity index (χ2v) is 24.6. The van der Waals surface area contributed by atoms with Crippen LogP contribution in [0.25, 0.3) is 0 Å². The Kier molecular flexibility index (Phi) is 12.9. The summed E-state index contributed by atoms with van der Waals surface area (Å²) in [6.45, 7) is 39.9. The summed E-state index contributed by atoms with van der Waals surface area (Å²) in [5, 5.41) is 0. The normalized spacial score (nSPS) is 22.8. The van der Waals surface area contributed by atoms with Gasteiger partial charge in [-0.25, -0.2) is 0 Å². The molecule has 324 valence electrons. The number of benzene rings is 2. The second kappa shape index (κ2) is 16.2. The number of fused-ring (bicyclic) bond motifs is 4. The molecule has 0 fully saturated rings. The van der Waals surface area contributed by atoms with Gasteiger partial charge in [0.1, 0.15) is 0 Å². The summed E-state index contributed by atoms with van der Waals surface area (Å²) in [5.74, 6) is 0. The van der Waals surface area contributed by atoms with Crippen LogP contribution >= 0.6 is 0 Å². The van der Waals surface area contributed by atoms with E-state index >= 15 is 3.78 Å². The molecule has 1 nitrogen and oxygen atoms in total. The van der Waals surface area contributed by atoms with Crippen molar-refractivity contribution >= 4 is 23.1 Å². The minimum absolute atomic E-state index is 0.0683. The minimum atomic E-state index is -3.56. The summed E-state index contributed by atoms with van der Waals surface area (Å²) in [4.78, 5) is 0. The van der Waals surface area contributed by atoms with Crippen molar-refractivity contribution in [3.8, 4) is 0 Å². The van der Waals surface area contributed by atoms with Crippen LogP contribution in [-0.2, 0) is 47.1 Å². The fourth-order valence-corrected chi connectivity index (χ4v) is 21.9. The summed E-state index contributed by atoms with van der Waals surface area (Å²) in [7, 11) is 0. The van der Waals surface area contributed by atoms with Gasteiger partial charge in [-0.1, -0.05) is 0 Å². The van der Waals surface area contributed by atoms with Crippen LogP contribution in [-0.4, -0.2) is 14.3 Å². The topological polar surface area (TPSA) is 17.1 Å². The Morgan fingerprint density at radius 3 is 0.603 bits per heavy atom. The van der Waals surface area contributed by atoms with E-state index in [0.717, 1.165) is 51.4 Å². The summed E-state index contributed by atoms with van der Waals surface area (Å²) in [6, 6.07) is 5.67. The number of rotatable bonds is 18. The molecule has 0 N–H and O–H groups in total. The van der Waals surface area contributed by atoms with Crippen molar-refractivity contribution in [3.05, 3.63) is 56.6 Å². The van der Waals surface area contributed by atoms with Crippen molar-refractivity contribution in [2.75, 3.05) is 0 Å². The first kappa shape index (κ1) is 46.3. The van der Waals surface area contributed by atoms with Gasteiger partial charge in [-0.15, -0.1) is 0 Å². The van der Waals surface area contributed by atoms with Crippen molar-refractivity contribution in [3.63, 3.8) is 0 Å². The average molecular weight is 852 g/mol. The van der Waals surface area contributed by atoms with Crippen LogP contribution in [0.3, 0.4) is 0 Å². The summed E-state index contributed by atoms with van der Waals surface area (Å²) in [6.07, 6.45) is 23.4. The molecule has 2 aromatic carbocycles. The van der Waals surface area contributed by atoms with E-state index in [2.05, 4.69) is 123 Å². The Bertz CT molecular complexity index is 1590. The Morgan fingerprint density at radius 2 is 0.466 bits per heavy atom. The Balaban J connectivity index is 1.97. The average Bonchev–Trinajstić information content (AvgIpc) is 3.95. The van der Waals surface area contributed by atoms with Crippen LogP contribution in [0.5, 0.6) is 0 Å². The van der Waals surface area contributed by atoms with Gasteiger partial charge in [0.05, 0.1) is 0 Å². The Hall–Kier alpha value is -1.22. The molecule has 0 aliphatic heterocycles. The molecule has 0 spiro atoms. The number of hydrogen-bond donors (Lipinski definition) is 0. The molecule has 58 heavy (non-hydrogen) atoms. The zero-order valence-electron chi connectivity index (χ0n) is 41.2. The van der Waals surface area contributed by atoms with Crippen LogP contribution in [0.4, 0.5) is 0 Å². The van der Waals surface area contributed by atoms with Crippen molar-refractivity contribution in [1.82, 2.24) is 0 Å². The van der Waals surface area contributed by atoms with E-state index in [1.54, 1.807) is 44.5 Å². The molecular formula is C56H90GeO. The van der Waals surface area contributed by atoms with Gasteiger partial charge in [0.25, 0.3) is 0 Å². The van der Waals surface area contributed by atoms with E-state index in [-0.39, 0.29) is 43.3 Å². The molecule has 0 radical (unpaired) electrons. The fraction of sp³-hybridized carbons (Fsp3) is 0.786. The summed E-state index contributed by atoms with van der Waals surface area (Å²) >= 11 is -3.56. The van der Waals surface area contributed by atoms with Gasteiger partial charge in [-0.3, -0.25) is 0 Å². The fourth-order valence-electron chi connectivity index (χ4n) is 16.1. The van der Waals surface area contributed by atoms with E-state index in [9.17, 15) is 0 Å². The molecule has 0 amide bonds. The van der Waals surface area contributed by atoms with Crippen LogP contribution in [0, 0.1) is 0 Å². The van der Waals surface area contributed by atoms with Crippen molar-refractivity contribution in [2.45, 2.75) is 283 Å². The third kappa shape index (κ3) is 5.70. The van der Waals surface area contributed by atoms with Gasteiger partial charge in [-0.05, 0) is 0 Å². The first-order valence-electron chi connectivity index (χ1n) is 25.7. The van der Waals surface area contributed by atoms with Crippen LogP contribution in [0.15, 0.2) is 12.1 Å². The maximum atomic E-state index is 18.0. The zero-order valence-corrected chi connectivity index (χ0v) is 43.3. The van der Waals surface area contributed by atoms with E-state index in [0.29, 0.717) is 0 Å². The molecule has 0 atom stereocenters. The summed E-state index contributed by atoms with van der Waals surface area (Å²) in [5.41, 5.74) is 14.0. The monoisotopic (exact) mass is 853 g/mol. The molecule has 4 aliphatic rings. The third-order valence-electron chi connectivity index (χ3n) is 21.1. The molecule has 0 saturated carbocycles. The van der Waals surface area contributed by atoms with E-state index in [4.69, 9.17) is 0 Å². The summed E-state index contributed by atoms with van der Waals surface area (Å²) < 4.78 is 20.9. The van der Waals surface area contributed by atoms with Crippen LogP contribution in [0.2, 0.25) is 0 Å². The molecule has 0 unspecified atom stereocenters. The van der Waals surface area contributed by atoms with Gasteiger partial charge < -0.3 is 0 Å². The van der Waals surface area contributed by atoms with Gasteiger partial charge in [0, 0.05) is 0 Å². The molecule has 0 aromatic heterocycles. The molecule has 2 aromatic rings. The van der Waals surface area contributed by atoms with Crippen molar-refractivity contribution in [2.24, 2.45) is 0 Å². The van der Waals surface area contributed by atoms with Gasteiger partial charge >= 0.3 is 366 Å². The van der Waals surface area contributed by atoms with Crippen LogP contribution < -0.4 is 8.79 Å². The molecular weight excluding hydrogens is 761 g/mol. The first-order valence-corrected chi connectivity index (χ1v) is 28.6. The Morgan fingerprint density at radius 1 is 0.310 bits per heavy atom. The van der Waals surface area contributed by atoms with Crippen molar-refractivity contribution < 1.29 is 3.78 Å². The Labute approximate surface area is 364 Å². The maximum absolute atomic E-state index is 18.0. The van der Waals surface area contributed by atoms with Crippen LogP contribution in [0.1, 0.15) is 284 Å². The predicted octanol–water partition coefficient (Wildman–Crippen LogP) is 15.3. The SMILES string of the molecule is CCC1(CC)CC(CC)(CC)c2c1cc1c([c]2[Ge](=[O])[c]2c3c(cc4c2C(CC)(CC)CC4(CC)CC)C(CC)(CC)CC3(CC)CC)C(CC)(CC)CC1(CC)CC. The molecule has 4 aliphatic carbocycles. The predicted molar refractivity (Wildman–Crippen MR) is 255 cm³/mol. The standard InChI is InChI=1S/C56H90GeO/c1-17-49(18-2)35-53(25-9,26-10)43-39(49)33-40-44(54(27-11,28-12)36-50(40,19-3)20-4)47(43)57(58)48-45-41(51(21-5,22-6)37-55(45,29-13)30-14)34-42-46(48)56(31-15,32-16)38-52(42,23-7)24-8/h33-34H,17-32,35-38H2,1-16H3. The van der Waals surface area contributed by atoms with Gasteiger partial charge in [-0.2, -0.15) is 0 Å². The zero-order chi connectivity index (χ0) is 42.9. The third-order valence-corrected chi connectivity index (χ3v) is 25.1. The molecule has 0 heterocycles. The molecule has 0 saturated heterocycles.